The summed E-state index contributed by atoms with van der Waals surface area (Å²) in [5.41, 5.74) is 1.13. The van der Waals surface area contributed by atoms with Crippen molar-refractivity contribution in [3.63, 3.8) is 0 Å². The monoisotopic (exact) mass is 321 g/mol. The minimum Gasteiger partial charge on any atom is -0.389 e. The Morgan fingerprint density at radius 1 is 1.59 bits per heavy atom. The van der Waals surface area contributed by atoms with Gasteiger partial charge in [0.15, 0.2) is 5.69 Å². The molecule has 0 saturated heterocycles. The van der Waals surface area contributed by atoms with Gasteiger partial charge < -0.3 is 15.2 Å². The molecule has 0 aliphatic heterocycles. The Balaban J connectivity index is 1.43. The van der Waals surface area contributed by atoms with Crippen molar-refractivity contribution < 1.29 is 14.6 Å². The Hall–Kier alpha value is -1.70. The first kappa shape index (κ1) is 15.2. The lowest BCUT2D eigenvalue weighted by molar-refractivity contribution is 0.0320. The van der Waals surface area contributed by atoms with E-state index in [-0.39, 0.29) is 19.1 Å². The molecule has 1 aliphatic carbocycles. The maximum atomic E-state index is 12.0. The Labute approximate surface area is 132 Å². The highest BCUT2D eigenvalue weighted by atomic mass is 32.1. The molecule has 1 unspecified atom stereocenters. The van der Waals surface area contributed by atoms with Gasteiger partial charge in [0.2, 0.25) is 0 Å². The minimum absolute atomic E-state index is 0.157. The van der Waals surface area contributed by atoms with Crippen molar-refractivity contribution >= 4 is 17.2 Å². The number of aliphatic hydroxyl groups is 1. The van der Waals surface area contributed by atoms with Gasteiger partial charge in [-0.25, -0.2) is 0 Å². The van der Waals surface area contributed by atoms with E-state index in [4.69, 9.17) is 4.74 Å². The summed E-state index contributed by atoms with van der Waals surface area (Å²) in [6, 6.07) is 5.61. The molecule has 1 fully saturated rings. The molecule has 0 radical (unpaired) electrons. The minimum atomic E-state index is -0.696. The van der Waals surface area contributed by atoms with E-state index in [0.29, 0.717) is 18.2 Å². The molecule has 2 aromatic rings. The molecule has 118 valence electrons. The van der Waals surface area contributed by atoms with Gasteiger partial charge in [-0.05, 0) is 36.3 Å². The highest BCUT2D eigenvalue weighted by Crippen LogP contribution is 2.28. The summed E-state index contributed by atoms with van der Waals surface area (Å²) < 4.78 is 5.39. The van der Waals surface area contributed by atoms with Crippen molar-refractivity contribution in [1.82, 2.24) is 15.5 Å². The van der Waals surface area contributed by atoms with Crippen molar-refractivity contribution in [3.05, 3.63) is 29.3 Å². The standard InChI is InChI=1S/C15H19N3O3S/c19-11(9-21-8-10-3-4-10)7-16-15(20)13-6-12(17-18-13)14-2-1-5-22-14/h1-2,5-6,10-11,19H,3-4,7-9H2,(H,16,20)(H,17,18). The van der Waals surface area contributed by atoms with E-state index in [1.807, 2.05) is 17.5 Å². The molecule has 1 atom stereocenters. The molecular formula is C15H19N3O3S. The molecule has 1 aliphatic rings. The number of carbonyl (C=O) groups excluding carboxylic acids is 1. The van der Waals surface area contributed by atoms with Crippen molar-refractivity contribution in [3.8, 4) is 10.6 Å². The number of rotatable bonds is 8. The van der Waals surface area contributed by atoms with Crippen molar-refractivity contribution in [2.75, 3.05) is 19.8 Å². The fraction of sp³-hybridized carbons (Fsp3) is 0.467. The average Bonchev–Trinajstić information content (AvgIpc) is 3.01. The van der Waals surface area contributed by atoms with E-state index in [9.17, 15) is 9.90 Å². The van der Waals surface area contributed by atoms with Gasteiger partial charge in [0.05, 0.1) is 23.3 Å². The van der Waals surface area contributed by atoms with Crippen LogP contribution in [0.3, 0.4) is 0 Å². The third kappa shape index (κ3) is 4.16. The number of amides is 1. The van der Waals surface area contributed by atoms with Crippen LogP contribution in [-0.2, 0) is 4.74 Å². The summed E-state index contributed by atoms with van der Waals surface area (Å²) in [7, 11) is 0. The van der Waals surface area contributed by atoms with Gasteiger partial charge in [0.25, 0.3) is 5.91 Å². The van der Waals surface area contributed by atoms with E-state index in [1.165, 1.54) is 12.8 Å². The van der Waals surface area contributed by atoms with Crippen LogP contribution in [0, 0.1) is 5.92 Å². The molecule has 6 nitrogen and oxygen atoms in total. The van der Waals surface area contributed by atoms with Crippen LogP contribution in [-0.4, -0.2) is 47.1 Å². The summed E-state index contributed by atoms with van der Waals surface area (Å²) >= 11 is 1.58. The first-order valence-corrected chi connectivity index (χ1v) is 8.23. The number of thiophene rings is 1. The predicted molar refractivity (Wildman–Crippen MR) is 83.8 cm³/mol. The normalized spacial score (nSPS) is 15.7. The quantitative estimate of drug-likeness (QED) is 0.690. The second-order valence-corrected chi connectivity index (χ2v) is 6.44. The van der Waals surface area contributed by atoms with E-state index in [0.717, 1.165) is 10.6 Å². The molecule has 3 rings (SSSR count). The predicted octanol–water partition coefficient (Wildman–Crippen LogP) is 1.66. The number of aromatic amines is 1. The summed E-state index contributed by atoms with van der Waals surface area (Å²) in [6.07, 6.45) is 1.75. The van der Waals surface area contributed by atoms with Crippen molar-refractivity contribution in [2.45, 2.75) is 18.9 Å². The van der Waals surface area contributed by atoms with Crippen LogP contribution in [0.2, 0.25) is 0 Å². The van der Waals surface area contributed by atoms with Crippen LogP contribution < -0.4 is 5.32 Å². The lowest BCUT2D eigenvalue weighted by Gasteiger charge is -2.11. The van der Waals surface area contributed by atoms with Crippen LogP contribution in [0.15, 0.2) is 23.6 Å². The molecule has 3 N–H and O–H groups in total. The number of hydrogen-bond donors (Lipinski definition) is 3. The first-order valence-electron chi connectivity index (χ1n) is 7.35. The van der Waals surface area contributed by atoms with E-state index >= 15 is 0 Å². The van der Waals surface area contributed by atoms with Crippen LogP contribution in [0.25, 0.3) is 10.6 Å². The molecule has 2 heterocycles. The summed E-state index contributed by atoms with van der Waals surface area (Å²) in [4.78, 5) is 13.0. The number of carbonyl (C=O) groups is 1. The van der Waals surface area contributed by atoms with Gasteiger partial charge in [-0.3, -0.25) is 9.89 Å². The smallest absolute Gasteiger partial charge is 0.271 e. The molecule has 0 bridgehead atoms. The number of nitrogens with one attached hydrogen (secondary N) is 2. The lowest BCUT2D eigenvalue weighted by Crippen LogP contribution is -2.34. The zero-order valence-electron chi connectivity index (χ0n) is 12.1. The fourth-order valence-corrected chi connectivity index (χ4v) is 2.70. The summed E-state index contributed by atoms with van der Waals surface area (Å²) in [5, 5.41) is 21.2. The number of hydrogen-bond acceptors (Lipinski definition) is 5. The van der Waals surface area contributed by atoms with E-state index in [2.05, 4.69) is 15.5 Å². The van der Waals surface area contributed by atoms with Gasteiger partial charge in [-0.2, -0.15) is 5.10 Å². The topological polar surface area (TPSA) is 87.2 Å². The van der Waals surface area contributed by atoms with Gasteiger partial charge in [0.1, 0.15) is 0 Å². The van der Waals surface area contributed by atoms with Crippen LogP contribution in [0.5, 0.6) is 0 Å². The van der Waals surface area contributed by atoms with Crippen molar-refractivity contribution in [1.29, 1.82) is 0 Å². The maximum absolute atomic E-state index is 12.0. The Morgan fingerprint density at radius 2 is 2.45 bits per heavy atom. The second-order valence-electron chi connectivity index (χ2n) is 5.49. The Kier molecular flexibility index (Phi) is 4.87. The molecule has 0 spiro atoms. The molecule has 2 aromatic heterocycles. The van der Waals surface area contributed by atoms with Crippen LogP contribution >= 0.6 is 11.3 Å². The maximum Gasteiger partial charge on any atom is 0.271 e. The van der Waals surface area contributed by atoms with E-state index in [1.54, 1.807) is 17.4 Å². The number of nitrogens with zero attached hydrogens (tertiary/aromatic N) is 1. The average molecular weight is 321 g/mol. The number of ether oxygens (including phenoxy) is 1. The summed E-state index contributed by atoms with van der Waals surface area (Å²) in [5.74, 6) is 0.363. The number of aliphatic hydroxyl groups excluding tert-OH is 1. The second kappa shape index (κ2) is 7.04. The van der Waals surface area contributed by atoms with Crippen LogP contribution in [0.1, 0.15) is 23.3 Å². The molecule has 7 heteroatoms. The van der Waals surface area contributed by atoms with Gasteiger partial charge in [0, 0.05) is 13.2 Å². The SMILES string of the molecule is O=C(NCC(O)COCC1CC1)c1cc(-c2cccs2)[nH]n1. The molecular weight excluding hydrogens is 302 g/mol. The summed E-state index contributed by atoms with van der Waals surface area (Å²) in [6.45, 7) is 1.11. The first-order chi connectivity index (χ1) is 10.7. The largest absolute Gasteiger partial charge is 0.389 e. The molecule has 0 aromatic carbocycles. The number of H-pyrrole nitrogens is 1. The zero-order valence-corrected chi connectivity index (χ0v) is 12.9. The molecule has 1 amide bonds. The molecule has 1 saturated carbocycles. The molecule has 22 heavy (non-hydrogen) atoms. The van der Waals surface area contributed by atoms with Crippen molar-refractivity contribution in [2.24, 2.45) is 5.92 Å². The fourth-order valence-electron chi connectivity index (χ4n) is 2.01. The van der Waals surface area contributed by atoms with Crippen LogP contribution in [0.4, 0.5) is 0 Å². The highest BCUT2D eigenvalue weighted by Gasteiger charge is 2.21. The Bertz CT molecular complexity index is 607. The third-order valence-corrected chi connectivity index (χ3v) is 4.36. The highest BCUT2D eigenvalue weighted by molar-refractivity contribution is 7.13. The zero-order chi connectivity index (χ0) is 15.4. The third-order valence-electron chi connectivity index (χ3n) is 3.46. The lowest BCUT2D eigenvalue weighted by atomic mass is 10.3. The Morgan fingerprint density at radius 3 is 3.18 bits per heavy atom. The number of aromatic nitrogens is 2. The van der Waals surface area contributed by atoms with Gasteiger partial charge in [-0.15, -0.1) is 11.3 Å². The van der Waals surface area contributed by atoms with Gasteiger partial charge in [-0.1, -0.05) is 6.07 Å². The van der Waals surface area contributed by atoms with E-state index < -0.39 is 6.10 Å². The van der Waals surface area contributed by atoms with Gasteiger partial charge >= 0.3 is 0 Å².